The van der Waals surface area contributed by atoms with Gasteiger partial charge in [0.2, 0.25) is 0 Å². The summed E-state index contributed by atoms with van der Waals surface area (Å²) < 4.78 is 0. The highest BCUT2D eigenvalue weighted by Gasteiger charge is 2.47. The minimum Gasteiger partial charge on any atom is -0.393 e. The predicted octanol–water partition coefficient (Wildman–Crippen LogP) is 4.39. The van der Waals surface area contributed by atoms with E-state index >= 15 is 0 Å². The number of aliphatic hydroxyl groups excluding tert-OH is 1. The Labute approximate surface area is 143 Å². The summed E-state index contributed by atoms with van der Waals surface area (Å²) in [5.74, 6) is 0. The molecule has 3 rings (SSSR count). The topological polar surface area (TPSA) is 52.6 Å². The largest absolute Gasteiger partial charge is 0.393 e. The number of amides is 2. The van der Waals surface area contributed by atoms with E-state index in [1.807, 2.05) is 75.1 Å². The molecule has 0 radical (unpaired) electrons. The van der Waals surface area contributed by atoms with Crippen LogP contribution < -0.4 is 5.32 Å². The molecule has 4 nitrogen and oxygen atoms in total. The van der Waals surface area contributed by atoms with Crippen molar-refractivity contribution in [2.75, 3.05) is 5.32 Å². The molecule has 0 atom stereocenters. The summed E-state index contributed by atoms with van der Waals surface area (Å²) in [4.78, 5) is 15.0. The molecule has 0 saturated carbocycles. The summed E-state index contributed by atoms with van der Waals surface area (Å²) in [7, 11) is 0. The Morgan fingerprint density at radius 3 is 2.29 bits per heavy atom. The Balaban J connectivity index is 1.93. The van der Waals surface area contributed by atoms with Gasteiger partial charge in [-0.3, -0.25) is 0 Å². The van der Waals surface area contributed by atoms with Crippen molar-refractivity contribution in [1.82, 2.24) is 4.90 Å². The number of carbonyl (C=O) groups excluding carboxylic acids is 1. The van der Waals surface area contributed by atoms with Gasteiger partial charge in [0.15, 0.2) is 0 Å². The monoisotopic (exact) mass is 326 g/mol. The minimum atomic E-state index is -0.407. The van der Waals surface area contributed by atoms with E-state index in [-0.39, 0.29) is 12.1 Å². The van der Waals surface area contributed by atoms with Crippen LogP contribution in [0.2, 0.25) is 0 Å². The number of nitrogens with one attached hydrogen (secondary N) is 1. The fraction of sp³-hybridized carbons (Fsp3) is 0.450. The van der Waals surface area contributed by atoms with E-state index in [4.69, 9.17) is 0 Å². The van der Waals surface area contributed by atoms with Crippen molar-refractivity contribution in [2.24, 2.45) is 0 Å². The van der Waals surface area contributed by atoms with Gasteiger partial charge in [0.05, 0.1) is 11.8 Å². The summed E-state index contributed by atoms with van der Waals surface area (Å²) in [5, 5.41) is 15.4. The van der Waals surface area contributed by atoms with E-state index in [0.29, 0.717) is 12.8 Å². The molecule has 2 amide bonds. The van der Waals surface area contributed by atoms with Gasteiger partial charge in [-0.25, -0.2) is 4.79 Å². The molecule has 24 heavy (non-hydrogen) atoms. The van der Waals surface area contributed by atoms with Crippen LogP contribution in [-0.2, 0) is 0 Å². The molecule has 2 N–H and O–H groups in total. The number of urea groups is 1. The molecule has 1 heterocycles. The highest BCUT2D eigenvalue weighted by molar-refractivity contribution is 6.01. The number of likely N-dealkylation sites (tertiary alicyclic amines) is 1. The maximum Gasteiger partial charge on any atom is 0.322 e. The van der Waals surface area contributed by atoms with Crippen LogP contribution in [0.25, 0.3) is 10.8 Å². The van der Waals surface area contributed by atoms with Crippen LogP contribution in [0.4, 0.5) is 10.5 Å². The standard InChI is InChI=1S/C20H26N2O2/c1-19(2)12-15(23)13-20(3,4)22(19)18(24)21-17-11-7-9-14-8-5-6-10-16(14)17/h5-11,15,23H,12-13H2,1-4H3,(H,21,24). The molecule has 0 spiro atoms. The van der Waals surface area contributed by atoms with Gasteiger partial charge in [-0.2, -0.15) is 0 Å². The lowest BCUT2D eigenvalue weighted by Gasteiger charge is -2.54. The molecular weight excluding hydrogens is 300 g/mol. The van der Waals surface area contributed by atoms with Gasteiger partial charge in [-0.15, -0.1) is 0 Å². The maximum atomic E-state index is 13.1. The summed E-state index contributed by atoms with van der Waals surface area (Å²) in [6.07, 6.45) is 0.787. The van der Waals surface area contributed by atoms with Crippen molar-refractivity contribution in [3.63, 3.8) is 0 Å². The summed E-state index contributed by atoms with van der Waals surface area (Å²) in [5.41, 5.74) is 0.00175. The molecule has 1 fully saturated rings. The zero-order valence-electron chi connectivity index (χ0n) is 14.8. The van der Waals surface area contributed by atoms with E-state index in [0.717, 1.165) is 16.5 Å². The second kappa shape index (κ2) is 5.78. The number of nitrogens with zero attached hydrogens (tertiary/aromatic N) is 1. The highest BCUT2D eigenvalue weighted by atomic mass is 16.3. The second-order valence-electron chi connectivity index (χ2n) is 7.98. The maximum absolute atomic E-state index is 13.1. The van der Waals surface area contributed by atoms with Crippen LogP contribution >= 0.6 is 0 Å². The Bertz CT molecular complexity index is 744. The van der Waals surface area contributed by atoms with E-state index < -0.39 is 11.1 Å². The molecule has 2 aromatic rings. The van der Waals surface area contributed by atoms with E-state index in [1.165, 1.54) is 0 Å². The fourth-order valence-corrected chi connectivity index (χ4v) is 4.28. The van der Waals surface area contributed by atoms with Gasteiger partial charge in [0.25, 0.3) is 0 Å². The number of benzene rings is 2. The number of carbonyl (C=O) groups is 1. The van der Waals surface area contributed by atoms with Crippen LogP contribution in [0, 0.1) is 0 Å². The van der Waals surface area contributed by atoms with Crippen molar-refractivity contribution >= 4 is 22.5 Å². The van der Waals surface area contributed by atoms with Gasteiger partial charge in [-0.1, -0.05) is 36.4 Å². The molecule has 0 aliphatic carbocycles. The average Bonchev–Trinajstić information content (AvgIpc) is 2.44. The zero-order valence-corrected chi connectivity index (χ0v) is 14.8. The van der Waals surface area contributed by atoms with Crippen LogP contribution in [0.5, 0.6) is 0 Å². The molecule has 4 heteroatoms. The number of anilines is 1. The van der Waals surface area contributed by atoms with Gasteiger partial charge < -0.3 is 15.3 Å². The van der Waals surface area contributed by atoms with Gasteiger partial charge >= 0.3 is 6.03 Å². The van der Waals surface area contributed by atoms with Crippen molar-refractivity contribution < 1.29 is 9.90 Å². The molecule has 128 valence electrons. The van der Waals surface area contributed by atoms with Crippen molar-refractivity contribution in [1.29, 1.82) is 0 Å². The number of piperidine rings is 1. The van der Waals surface area contributed by atoms with Gasteiger partial charge in [0, 0.05) is 16.5 Å². The normalized spacial score (nSPS) is 20.1. The first-order valence-electron chi connectivity index (χ1n) is 8.48. The fourth-order valence-electron chi connectivity index (χ4n) is 4.28. The molecule has 0 unspecified atom stereocenters. The second-order valence-corrected chi connectivity index (χ2v) is 7.98. The van der Waals surface area contributed by atoms with Gasteiger partial charge in [0.1, 0.15) is 0 Å². The van der Waals surface area contributed by atoms with Crippen molar-refractivity contribution in [3.05, 3.63) is 42.5 Å². The molecule has 1 aliphatic heterocycles. The molecule has 2 aromatic carbocycles. The number of hydrogen-bond acceptors (Lipinski definition) is 2. The minimum absolute atomic E-state index is 0.117. The lowest BCUT2D eigenvalue weighted by Crippen LogP contribution is -2.64. The molecular formula is C20H26N2O2. The summed E-state index contributed by atoms with van der Waals surface area (Å²) in [6.45, 7) is 8.05. The average molecular weight is 326 g/mol. The molecule has 1 aliphatic rings. The third kappa shape index (κ3) is 2.98. The number of aliphatic hydroxyl groups is 1. The summed E-state index contributed by atoms with van der Waals surface area (Å²) >= 11 is 0. The van der Waals surface area contributed by atoms with Crippen LogP contribution in [0.15, 0.2) is 42.5 Å². The Morgan fingerprint density at radius 2 is 1.62 bits per heavy atom. The lowest BCUT2D eigenvalue weighted by atomic mass is 9.78. The highest BCUT2D eigenvalue weighted by Crippen LogP contribution is 2.39. The van der Waals surface area contributed by atoms with E-state index in [1.54, 1.807) is 0 Å². The van der Waals surface area contributed by atoms with Crippen LogP contribution in [0.1, 0.15) is 40.5 Å². The third-order valence-corrected chi connectivity index (χ3v) is 4.92. The Kier molecular flexibility index (Phi) is 4.04. The summed E-state index contributed by atoms with van der Waals surface area (Å²) in [6, 6.07) is 13.8. The number of hydrogen-bond donors (Lipinski definition) is 2. The first-order chi connectivity index (χ1) is 11.2. The third-order valence-electron chi connectivity index (χ3n) is 4.92. The van der Waals surface area contributed by atoms with Crippen LogP contribution in [-0.4, -0.2) is 33.2 Å². The first-order valence-corrected chi connectivity index (χ1v) is 8.48. The van der Waals surface area contributed by atoms with E-state index in [9.17, 15) is 9.90 Å². The molecule has 1 saturated heterocycles. The molecule has 0 bridgehead atoms. The number of fused-ring (bicyclic) bond motifs is 1. The predicted molar refractivity (Wildman–Crippen MR) is 98.2 cm³/mol. The quantitative estimate of drug-likeness (QED) is 0.817. The number of rotatable bonds is 1. The first kappa shape index (κ1) is 16.8. The molecule has 0 aromatic heterocycles. The SMILES string of the molecule is CC1(C)CC(O)CC(C)(C)N1C(=O)Nc1cccc2ccccc12. The van der Waals surface area contributed by atoms with Crippen molar-refractivity contribution in [3.8, 4) is 0 Å². The zero-order chi connectivity index (χ0) is 17.5. The van der Waals surface area contributed by atoms with Crippen molar-refractivity contribution in [2.45, 2.75) is 57.7 Å². The van der Waals surface area contributed by atoms with Crippen LogP contribution in [0.3, 0.4) is 0 Å². The van der Waals surface area contributed by atoms with Gasteiger partial charge in [-0.05, 0) is 52.0 Å². The lowest BCUT2D eigenvalue weighted by molar-refractivity contribution is -0.0471. The Morgan fingerprint density at radius 1 is 1.04 bits per heavy atom. The Hall–Kier alpha value is -2.07. The smallest absolute Gasteiger partial charge is 0.322 e. The van der Waals surface area contributed by atoms with E-state index in [2.05, 4.69) is 5.32 Å².